The molecule has 0 saturated heterocycles. The SMILES string of the molecule is COC(=O)C(NC(=O)c1cc(Cl)cc(Cl)c1)C(C)O. The summed E-state index contributed by atoms with van der Waals surface area (Å²) >= 11 is 11.6. The Balaban J connectivity index is 2.90. The summed E-state index contributed by atoms with van der Waals surface area (Å²) in [7, 11) is 1.17. The van der Waals surface area contributed by atoms with Crippen LogP contribution in [0.5, 0.6) is 0 Å². The second kappa shape index (κ2) is 6.75. The number of hydrogen-bond donors (Lipinski definition) is 2. The largest absolute Gasteiger partial charge is 0.467 e. The normalized spacial score (nSPS) is 13.5. The molecule has 0 fully saturated rings. The average molecular weight is 306 g/mol. The Kier molecular flexibility index (Phi) is 5.60. The monoisotopic (exact) mass is 305 g/mol. The van der Waals surface area contributed by atoms with Crippen molar-refractivity contribution in [3.05, 3.63) is 33.8 Å². The molecule has 5 nitrogen and oxygen atoms in total. The summed E-state index contributed by atoms with van der Waals surface area (Å²) in [6.07, 6.45) is -1.09. The second-order valence-electron chi connectivity index (χ2n) is 3.87. The van der Waals surface area contributed by atoms with E-state index in [1.165, 1.54) is 32.2 Å². The Bertz CT molecular complexity index is 470. The molecule has 0 aliphatic heterocycles. The predicted molar refractivity (Wildman–Crippen MR) is 71.4 cm³/mol. The van der Waals surface area contributed by atoms with Gasteiger partial charge in [-0.3, -0.25) is 4.79 Å². The highest BCUT2D eigenvalue weighted by Crippen LogP contribution is 2.19. The third-order valence-corrected chi connectivity index (χ3v) is 2.79. The van der Waals surface area contributed by atoms with Crippen molar-refractivity contribution in [2.24, 2.45) is 0 Å². The average Bonchev–Trinajstić information content (AvgIpc) is 2.33. The minimum Gasteiger partial charge on any atom is -0.467 e. The fraction of sp³-hybridized carbons (Fsp3) is 0.333. The lowest BCUT2D eigenvalue weighted by Crippen LogP contribution is -2.48. The van der Waals surface area contributed by atoms with Gasteiger partial charge in [0.1, 0.15) is 0 Å². The first-order valence-electron chi connectivity index (χ1n) is 5.38. The number of esters is 1. The zero-order valence-electron chi connectivity index (χ0n) is 10.3. The number of benzene rings is 1. The lowest BCUT2D eigenvalue weighted by Gasteiger charge is -2.19. The van der Waals surface area contributed by atoms with Gasteiger partial charge >= 0.3 is 5.97 Å². The van der Waals surface area contributed by atoms with E-state index in [9.17, 15) is 14.7 Å². The van der Waals surface area contributed by atoms with E-state index in [-0.39, 0.29) is 5.56 Å². The Morgan fingerprint density at radius 1 is 1.26 bits per heavy atom. The summed E-state index contributed by atoms with van der Waals surface area (Å²) < 4.78 is 4.49. The highest BCUT2D eigenvalue weighted by Gasteiger charge is 2.26. The lowest BCUT2D eigenvalue weighted by molar-refractivity contribution is -0.145. The van der Waals surface area contributed by atoms with E-state index in [1.54, 1.807) is 0 Å². The lowest BCUT2D eigenvalue weighted by atomic mass is 10.1. The Morgan fingerprint density at radius 2 is 1.79 bits per heavy atom. The number of amides is 1. The van der Waals surface area contributed by atoms with Crippen LogP contribution in [0.3, 0.4) is 0 Å². The van der Waals surface area contributed by atoms with Crippen LogP contribution in [-0.4, -0.2) is 36.2 Å². The van der Waals surface area contributed by atoms with Crippen LogP contribution in [0.25, 0.3) is 0 Å². The molecular weight excluding hydrogens is 293 g/mol. The van der Waals surface area contributed by atoms with Crippen molar-refractivity contribution in [3.8, 4) is 0 Å². The van der Waals surface area contributed by atoms with Gasteiger partial charge in [-0.05, 0) is 25.1 Å². The molecule has 1 amide bonds. The van der Waals surface area contributed by atoms with Gasteiger partial charge in [0, 0.05) is 15.6 Å². The molecule has 0 aliphatic rings. The molecular formula is C12H13Cl2NO4. The van der Waals surface area contributed by atoms with Crippen molar-refractivity contribution in [3.63, 3.8) is 0 Å². The van der Waals surface area contributed by atoms with E-state index in [0.717, 1.165) is 0 Å². The second-order valence-corrected chi connectivity index (χ2v) is 4.75. The van der Waals surface area contributed by atoms with Crippen LogP contribution in [0.1, 0.15) is 17.3 Å². The van der Waals surface area contributed by atoms with Crippen LogP contribution in [-0.2, 0) is 9.53 Å². The fourth-order valence-electron chi connectivity index (χ4n) is 1.41. The van der Waals surface area contributed by atoms with Crippen molar-refractivity contribution in [2.45, 2.75) is 19.1 Å². The van der Waals surface area contributed by atoms with E-state index >= 15 is 0 Å². The zero-order chi connectivity index (χ0) is 14.6. The molecule has 0 saturated carbocycles. The fourth-order valence-corrected chi connectivity index (χ4v) is 1.94. The van der Waals surface area contributed by atoms with Crippen molar-refractivity contribution in [1.29, 1.82) is 0 Å². The zero-order valence-corrected chi connectivity index (χ0v) is 11.8. The molecule has 1 aromatic carbocycles. The molecule has 2 N–H and O–H groups in total. The van der Waals surface area contributed by atoms with Crippen LogP contribution in [0.4, 0.5) is 0 Å². The van der Waals surface area contributed by atoms with Crippen LogP contribution >= 0.6 is 23.2 Å². The van der Waals surface area contributed by atoms with E-state index in [0.29, 0.717) is 10.0 Å². The molecule has 7 heteroatoms. The van der Waals surface area contributed by atoms with Crippen molar-refractivity contribution < 1.29 is 19.4 Å². The van der Waals surface area contributed by atoms with Gasteiger partial charge in [-0.2, -0.15) is 0 Å². The minimum absolute atomic E-state index is 0.187. The van der Waals surface area contributed by atoms with Crippen LogP contribution in [0.15, 0.2) is 18.2 Å². The molecule has 2 atom stereocenters. The number of hydrogen-bond acceptors (Lipinski definition) is 4. The van der Waals surface area contributed by atoms with E-state index in [1.807, 2.05) is 0 Å². The van der Waals surface area contributed by atoms with Gasteiger partial charge in [-0.25, -0.2) is 4.79 Å². The molecule has 0 radical (unpaired) electrons. The molecule has 104 valence electrons. The van der Waals surface area contributed by atoms with Crippen LogP contribution < -0.4 is 5.32 Å². The number of aliphatic hydroxyl groups is 1. The third kappa shape index (κ3) is 4.38. The number of ether oxygens (including phenoxy) is 1. The smallest absolute Gasteiger partial charge is 0.331 e. The van der Waals surface area contributed by atoms with Gasteiger partial charge in [0.05, 0.1) is 13.2 Å². The molecule has 0 aromatic heterocycles. The van der Waals surface area contributed by atoms with Gasteiger partial charge in [-0.1, -0.05) is 23.2 Å². The number of halogens is 2. The maximum Gasteiger partial charge on any atom is 0.331 e. The summed E-state index contributed by atoms with van der Waals surface area (Å²) in [5.41, 5.74) is 0.187. The molecule has 0 aliphatic carbocycles. The number of carbonyl (C=O) groups excluding carboxylic acids is 2. The predicted octanol–water partition coefficient (Wildman–Crippen LogP) is 1.65. The summed E-state index contributed by atoms with van der Waals surface area (Å²) in [4.78, 5) is 23.3. The van der Waals surface area contributed by atoms with Crippen LogP contribution in [0, 0.1) is 0 Å². The molecule has 0 heterocycles. The van der Waals surface area contributed by atoms with Gasteiger partial charge in [0.25, 0.3) is 5.91 Å². The molecule has 1 rings (SSSR count). The molecule has 0 bridgehead atoms. The third-order valence-electron chi connectivity index (χ3n) is 2.35. The van der Waals surface area contributed by atoms with Gasteiger partial charge < -0.3 is 15.2 Å². The molecule has 0 spiro atoms. The maximum absolute atomic E-state index is 11.9. The van der Waals surface area contributed by atoms with Gasteiger partial charge in [0.15, 0.2) is 6.04 Å². The Morgan fingerprint density at radius 3 is 2.21 bits per heavy atom. The van der Waals surface area contributed by atoms with Gasteiger partial charge in [-0.15, -0.1) is 0 Å². The summed E-state index contributed by atoms with van der Waals surface area (Å²) in [6, 6.07) is 3.13. The number of aliphatic hydroxyl groups excluding tert-OH is 1. The summed E-state index contributed by atoms with van der Waals surface area (Å²) in [5, 5.41) is 12.4. The van der Waals surface area contributed by atoms with Crippen LogP contribution in [0.2, 0.25) is 10.0 Å². The van der Waals surface area contributed by atoms with Crippen molar-refractivity contribution in [1.82, 2.24) is 5.32 Å². The Labute approximate surface area is 120 Å². The highest BCUT2D eigenvalue weighted by molar-refractivity contribution is 6.35. The minimum atomic E-state index is -1.16. The molecule has 2 unspecified atom stereocenters. The number of nitrogens with one attached hydrogen (secondary N) is 1. The number of carbonyl (C=O) groups is 2. The first-order valence-corrected chi connectivity index (χ1v) is 6.13. The van der Waals surface area contributed by atoms with E-state index < -0.39 is 24.0 Å². The quantitative estimate of drug-likeness (QED) is 0.829. The van der Waals surface area contributed by atoms with E-state index in [4.69, 9.17) is 23.2 Å². The summed E-state index contributed by atoms with van der Waals surface area (Å²) in [6.45, 7) is 1.37. The summed E-state index contributed by atoms with van der Waals surface area (Å²) in [5.74, 6) is -1.32. The first kappa shape index (κ1) is 15.8. The standard InChI is InChI=1S/C12H13Cl2NO4/c1-6(16)10(12(18)19-2)15-11(17)7-3-8(13)5-9(14)4-7/h3-6,10,16H,1-2H3,(H,15,17). The van der Waals surface area contributed by atoms with Gasteiger partial charge in [0.2, 0.25) is 0 Å². The van der Waals surface area contributed by atoms with E-state index in [2.05, 4.69) is 10.1 Å². The molecule has 1 aromatic rings. The number of rotatable bonds is 4. The van der Waals surface area contributed by atoms with Crippen molar-refractivity contribution in [2.75, 3.05) is 7.11 Å². The molecule has 19 heavy (non-hydrogen) atoms. The Hall–Kier alpha value is -1.30. The highest BCUT2D eigenvalue weighted by atomic mass is 35.5. The number of methoxy groups -OCH3 is 1. The maximum atomic E-state index is 11.9. The topological polar surface area (TPSA) is 75.6 Å². The van der Waals surface area contributed by atoms with Crippen molar-refractivity contribution >= 4 is 35.1 Å². The first-order chi connectivity index (χ1) is 8.85.